The molecule has 1 aromatic heterocycles. The van der Waals surface area contributed by atoms with Gasteiger partial charge in [-0.2, -0.15) is 0 Å². The van der Waals surface area contributed by atoms with E-state index in [2.05, 4.69) is 9.97 Å². The van der Waals surface area contributed by atoms with Crippen LogP contribution in [0.2, 0.25) is 0 Å². The van der Waals surface area contributed by atoms with Gasteiger partial charge in [-0.3, -0.25) is 9.59 Å². The molecule has 1 aliphatic heterocycles. The van der Waals surface area contributed by atoms with Crippen molar-refractivity contribution in [3.63, 3.8) is 0 Å². The fourth-order valence-electron chi connectivity index (χ4n) is 2.88. The van der Waals surface area contributed by atoms with Crippen LogP contribution in [0.1, 0.15) is 26.2 Å². The van der Waals surface area contributed by atoms with E-state index in [0.29, 0.717) is 18.9 Å². The van der Waals surface area contributed by atoms with E-state index in [1.807, 2.05) is 6.92 Å². The summed E-state index contributed by atoms with van der Waals surface area (Å²) in [6, 6.07) is 1.33. The van der Waals surface area contributed by atoms with Crippen molar-refractivity contribution in [1.29, 1.82) is 0 Å². The summed E-state index contributed by atoms with van der Waals surface area (Å²) in [6.45, 7) is 1.97. The fourth-order valence-corrected chi connectivity index (χ4v) is 4.61. The Morgan fingerprint density at radius 3 is 2.59 bits per heavy atom. The van der Waals surface area contributed by atoms with Crippen molar-refractivity contribution in [2.45, 2.75) is 32.2 Å². The predicted octanol–water partition coefficient (Wildman–Crippen LogP) is 0.272. The maximum absolute atomic E-state index is 12.5. The van der Waals surface area contributed by atoms with Crippen LogP contribution in [0, 0.1) is 0 Å². The number of rotatable bonds is 9. The lowest BCUT2D eigenvalue weighted by Crippen LogP contribution is -2.44. The largest absolute Gasteiger partial charge is 0.454 e. The third-order valence-electron chi connectivity index (χ3n) is 4.34. The molecule has 0 saturated carbocycles. The van der Waals surface area contributed by atoms with E-state index in [4.69, 9.17) is 4.74 Å². The van der Waals surface area contributed by atoms with Crippen molar-refractivity contribution >= 4 is 27.7 Å². The molecule has 10 heteroatoms. The second-order valence-corrected chi connectivity index (χ2v) is 8.79. The number of anilines is 1. The lowest BCUT2D eigenvalue weighted by Gasteiger charge is -2.28. The SMILES string of the molecule is CCCCN(C(=O)COC(=O)CN(C)c1ncccn1)C1CCS(=O)(=O)C1. The van der Waals surface area contributed by atoms with Gasteiger partial charge in [-0.15, -0.1) is 0 Å². The second-order valence-electron chi connectivity index (χ2n) is 6.56. The smallest absolute Gasteiger partial charge is 0.326 e. The Kier molecular flexibility index (Phi) is 7.52. The van der Waals surface area contributed by atoms with Gasteiger partial charge in [0.15, 0.2) is 16.4 Å². The highest BCUT2D eigenvalue weighted by Crippen LogP contribution is 2.18. The highest BCUT2D eigenvalue weighted by atomic mass is 32.2. The summed E-state index contributed by atoms with van der Waals surface area (Å²) in [5.74, 6) is -0.494. The Labute approximate surface area is 159 Å². The first-order valence-electron chi connectivity index (χ1n) is 8.96. The number of aromatic nitrogens is 2. The normalized spacial score (nSPS) is 18.1. The van der Waals surface area contributed by atoms with Crippen LogP contribution in [0.25, 0.3) is 0 Å². The molecule has 150 valence electrons. The summed E-state index contributed by atoms with van der Waals surface area (Å²) in [7, 11) is -1.45. The first-order valence-corrected chi connectivity index (χ1v) is 10.8. The number of carbonyl (C=O) groups is 2. The summed E-state index contributed by atoms with van der Waals surface area (Å²) in [6.07, 6.45) is 5.21. The summed E-state index contributed by atoms with van der Waals surface area (Å²) in [4.78, 5) is 35.7. The summed E-state index contributed by atoms with van der Waals surface area (Å²) >= 11 is 0. The van der Waals surface area contributed by atoms with Crippen LogP contribution in [-0.4, -0.2) is 79.5 Å². The monoisotopic (exact) mass is 398 g/mol. The topological polar surface area (TPSA) is 110 Å². The van der Waals surface area contributed by atoms with E-state index < -0.39 is 22.4 Å². The Hall–Kier alpha value is -2.23. The third-order valence-corrected chi connectivity index (χ3v) is 6.09. The molecule has 1 amide bonds. The average Bonchev–Trinajstić information content (AvgIpc) is 3.00. The van der Waals surface area contributed by atoms with Gasteiger partial charge in [-0.05, 0) is 18.9 Å². The molecular formula is C17H26N4O5S. The lowest BCUT2D eigenvalue weighted by atomic mass is 10.2. The van der Waals surface area contributed by atoms with Crippen LogP contribution in [-0.2, 0) is 24.2 Å². The lowest BCUT2D eigenvalue weighted by molar-refractivity contribution is -0.151. The van der Waals surface area contributed by atoms with Gasteiger partial charge in [-0.1, -0.05) is 13.3 Å². The Morgan fingerprint density at radius 1 is 1.30 bits per heavy atom. The average molecular weight is 398 g/mol. The minimum atomic E-state index is -3.10. The highest BCUT2D eigenvalue weighted by Gasteiger charge is 2.34. The molecule has 1 saturated heterocycles. The summed E-state index contributed by atoms with van der Waals surface area (Å²) in [5, 5.41) is 0. The van der Waals surface area contributed by atoms with E-state index in [1.165, 1.54) is 4.90 Å². The van der Waals surface area contributed by atoms with Crippen LogP contribution >= 0.6 is 0 Å². The molecule has 0 N–H and O–H groups in total. The van der Waals surface area contributed by atoms with Crippen LogP contribution in [0.5, 0.6) is 0 Å². The number of amides is 1. The highest BCUT2D eigenvalue weighted by molar-refractivity contribution is 7.91. The molecule has 1 fully saturated rings. The van der Waals surface area contributed by atoms with Crippen molar-refractivity contribution < 1.29 is 22.7 Å². The van der Waals surface area contributed by atoms with Gasteiger partial charge in [0.05, 0.1) is 11.5 Å². The van der Waals surface area contributed by atoms with Crippen LogP contribution in [0.15, 0.2) is 18.5 Å². The summed E-state index contributed by atoms with van der Waals surface area (Å²) < 4.78 is 28.5. The van der Waals surface area contributed by atoms with Gasteiger partial charge in [0.2, 0.25) is 5.95 Å². The molecule has 0 spiro atoms. The molecule has 0 bridgehead atoms. The molecule has 9 nitrogen and oxygen atoms in total. The molecule has 2 heterocycles. The molecule has 0 aromatic carbocycles. The number of hydrogen-bond donors (Lipinski definition) is 0. The van der Waals surface area contributed by atoms with Crippen molar-refractivity contribution in [1.82, 2.24) is 14.9 Å². The van der Waals surface area contributed by atoms with Crippen LogP contribution in [0.3, 0.4) is 0 Å². The first kappa shape index (κ1) is 21.1. The van der Waals surface area contributed by atoms with Crippen molar-refractivity contribution in [3.8, 4) is 0 Å². The van der Waals surface area contributed by atoms with Crippen LogP contribution in [0.4, 0.5) is 5.95 Å². The van der Waals surface area contributed by atoms with Gasteiger partial charge < -0.3 is 14.5 Å². The zero-order valence-electron chi connectivity index (χ0n) is 15.7. The van der Waals surface area contributed by atoms with E-state index in [9.17, 15) is 18.0 Å². The number of likely N-dealkylation sites (N-methyl/N-ethyl adjacent to an activating group) is 1. The molecule has 1 aliphatic rings. The maximum atomic E-state index is 12.5. The van der Waals surface area contributed by atoms with Gasteiger partial charge in [0.1, 0.15) is 6.54 Å². The van der Waals surface area contributed by atoms with Crippen molar-refractivity contribution in [2.24, 2.45) is 0 Å². The minimum Gasteiger partial charge on any atom is -0.454 e. The van der Waals surface area contributed by atoms with Crippen LogP contribution < -0.4 is 4.90 Å². The van der Waals surface area contributed by atoms with E-state index in [1.54, 1.807) is 30.4 Å². The van der Waals surface area contributed by atoms with Crippen molar-refractivity contribution in [3.05, 3.63) is 18.5 Å². The minimum absolute atomic E-state index is 0.0233. The zero-order valence-corrected chi connectivity index (χ0v) is 16.5. The van der Waals surface area contributed by atoms with E-state index in [0.717, 1.165) is 12.8 Å². The number of esters is 1. The van der Waals surface area contributed by atoms with Gasteiger partial charge in [0.25, 0.3) is 5.91 Å². The number of ether oxygens (including phenoxy) is 1. The second kappa shape index (κ2) is 9.63. The molecule has 0 aliphatic carbocycles. The van der Waals surface area contributed by atoms with Gasteiger partial charge in [0, 0.05) is 32.0 Å². The summed E-state index contributed by atoms with van der Waals surface area (Å²) in [5.41, 5.74) is 0. The quantitative estimate of drug-likeness (QED) is 0.545. The van der Waals surface area contributed by atoms with E-state index >= 15 is 0 Å². The Bertz CT molecular complexity index is 741. The number of nitrogens with zero attached hydrogens (tertiary/aromatic N) is 4. The van der Waals surface area contributed by atoms with Gasteiger partial charge >= 0.3 is 5.97 Å². The molecule has 2 rings (SSSR count). The zero-order chi connectivity index (χ0) is 19.9. The molecule has 1 atom stereocenters. The Morgan fingerprint density at radius 2 is 2.00 bits per heavy atom. The Balaban J connectivity index is 1.87. The number of unbranched alkanes of at least 4 members (excludes halogenated alkanes) is 1. The number of carbonyl (C=O) groups excluding carboxylic acids is 2. The molecule has 1 aromatic rings. The molecule has 1 unspecified atom stereocenters. The molecule has 27 heavy (non-hydrogen) atoms. The standard InChI is InChI=1S/C17H26N4O5S/c1-3-4-9-21(14-6-10-27(24,25)13-14)15(22)12-26-16(23)11-20(2)17-18-7-5-8-19-17/h5,7-8,14H,3-4,6,9-13H2,1-2H3. The number of hydrogen-bond acceptors (Lipinski definition) is 8. The van der Waals surface area contributed by atoms with Crippen molar-refractivity contribution in [2.75, 3.05) is 43.1 Å². The fraction of sp³-hybridized carbons (Fsp3) is 0.647. The maximum Gasteiger partial charge on any atom is 0.326 e. The third kappa shape index (κ3) is 6.46. The first-order chi connectivity index (χ1) is 12.8. The molecule has 0 radical (unpaired) electrons. The predicted molar refractivity (Wildman–Crippen MR) is 99.9 cm³/mol. The van der Waals surface area contributed by atoms with E-state index in [-0.39, 0.29) is 30.0 Å². The number of sulfone groups is 1. The van der Waals surface area contributed by atoms with Gasteiger partial charge in [-0.25, -0.2) is 18.4 Å². The molecular weight excluding hydrogens is 372 g/mol.